The highest BCUT2D eigenvalue weighted by Gasteiger charge is 2.41. The van der Waals surface area contributed by atoms with E-state index in [9.17, 15) is 22.8 Å². The normalized spacial score (nSPS) is 14.1. The zero-order chi connectivity index (χ0) is 22.1. The van der Waals surface area contributed by atoms with Crippen molar-refractivity contribution in [2.75, 3.05) is 27.3 Å². The number of carbonyl (C=O) groups is 2. The Morgan fingerprint density at radius 2 is 1.67 bits per heavy atom. The van der Waals surface area contributed by atoms with Crippen molar-refractivity contribution < 1.29 is 32.2 Å². The number of amides is 2. The maximum absolute atomic E-state index is 13.3. The van der Waals surface area contributed by atoms with E-state index < -0.39 is 34.5 Å². The molecule has 0 aromatic carbocycles. The number of alkyl halides is 3. The smallest absolute Gasteiger partial charge is 0.434 e. The van der Waals surface area contributed by atoms with Crippen molar-refractivity contribution in [2.45, 2.75) is 12.6 Å². The molecule has 9 nitrogen and oxygen atoms in total. The average Bonchev–Trinajstić information content (AvgIpc) is 3.21. The average molecular weight is 446 g/mol. The SMILES string of the molecule is COc1ccc(C(=O)N2CCCN2C(=O)c2cnc(Cl)nc2C(F)(F)F)c(OC)n1. The Hall–Kier alpha value is -3.15. The molecule has 0 atom stereocenters. The molecule has 0 saturated carbocycles. The number of methoxy groups -OCH3 is 2. The van der Waals surface area contributed by atoms with Crippen LogP contribution >= 0.6 is 11.6 Å². The molecule has 3 rings (SSSR count). The standard InChI is InChI=1S/C17H15ClF3N5O4/c1-29-11-5-4-9(13(23-11)30-2)14(27)25-6-3-7-26(25)15(28)10-8-22-16(18)24-12(10)17(19,20)21/h4-5,8H,3,6-7H2,1-2H3. The fourth-order valence-electron chi connectivity index (χ4n) is 2.90. The molecule has 160 valence electrons. The van der Waals surface area contributed by atoms with Crippen LogP contribution < -0.4 is 9.47 Å². The molecule has 13 heteroatoms. The lowest BCUT2D eigenvalue weighted by Crippen LogP contribution is -2.45. The molecule has 3 heterocycles. The first-order valence-corrected chi connectivity index (χ1v) is 8.87. The zero-order valence-electron chi connectivity index (χ0n) is 15.7. The summed E-state index contributed by atoms with van der Waals surface area (Å²) >= 11 is 5.46. The topological polar surface area (TPSA) is 97.8 Å². The quantitative estimate of drug-likeness (QED) is 0.667. The molecular formula is C17H15ClF3N5O4. The summed E-state index contributed by atoms with van der Waals surface area (Å²) in [6.45, 7) is 0.131. The molecule has 2 amide bonds. The molecule has 0 radical (unpaired) electrons. The van der Waals surface area contributed by atoms with Crippen molar-refractivity contribution in [3.8, 4) is 11.8 Å². The van der Waals surface area contributed by atoms with Gasteiger partial charge in [0.25, 0.3) is 11.8 Å². The van der Waals surface area contributed by atoms with Gasteiger partial charge in [-0.2, -0.15) is 18.2 Å². The number of carbonyl (C=O) groups excluding carboxylic acids is 2. The number of aromatic nitrogens is 3. The summed E-state index contributed by atoms with van der Waals surface area (Å²) in [5, 5.41) is 1.29. The fraction of sp³-hybridized carbons (Fsp3) is 0.353. The lowest BCUT2D eigenvalue weighted by molar-refractivity contribution is -0.141. The van der Waals surface area contributed by atoms with Gasteiger partial charge >= 0.3 is 6.18 Å². The van der Waals surface area contributed by atoms with Crippen LogP contribution in [0.4, 0.5) is 13.2 Å². The molecule has 0 N–H and O–H groups in total. The van der Waals surface area contributed by atoms with Crippen LogP contribution in [0, 0.1) is 0 Å². The highest BCUT2D eigenvalue weighted by Crippen LogP contribution is 2.32. The van der Waals surface area contributed by atoms with Crippen molar-refractivity contribution in [3.63, 3.8) is 0 Å². The molecule has 1 fully saturated rings. The largest absolute Gasteiger partial charge is 0.481 e. The molecule has 2 aromatic rings. The molecule has 0 unspecified atom stereocenters. The summed E-state index contributed by atoms with van der Waals surface area (Å²) in [5.41, 5.74) is -2.27. The van der Waals surface area contributed by atoms with Gasteiger partial charge < -0.3 is 9.47 Å². The van der Waals surface area contributed by atoms with Gasteiger partial charge in [0.05, 0.1) is 19.8 Å². The van der Waals surface area contributed by atoms with E-state index in [1.807, 2.05) is 0 Å². The van der Waals surface area contributed by atoms with Gasteiger partial charge in [0.1, 0.15) is 5.56 Å². The van der Waals surface area contributed by atoms with Crippen LogP contribution in [-0.2, 0) is 6.18 Å². The second-order valence-electron chi connectivity index (χ2n) is 6.02. The van der Waals surface area contributed by atoms with Gasteiger partial charge in [-0.3, -0.25) is 9.59 Å². The summed E-state index contributed by atoms with van der Waals surface area (Å²) in [7, 11) is 2.68. The lowest BCUT2D eigenvalue weighted by Gasteiger charge is -2.28. The monoisotopic (exact) mass is 445 g/mol. The Balaban J connectivity index is 1.95. The van der Waals surface area contributed by atoms with Gasteiger partial charge in [0.2, 0.25) is 17.0 Å². The number of ether oxygens (including phenoxy) is 2. The minimum absolute atomic E-state index is 0.0152. The summed E-state index contributed by atoms with van der Waals surface area (Å²) in [6, 6.07) is 2.81. The molecule has 1 saturated heterocycles. The van der Waals surface area contributed by atoms with Crippen molar-refractivity contribution in [1.82, 2.24) is 25.0 Å². The maximum atomic E-state index is 13.3. The molecule has 1 aliphatic rings. The molecule has 30 heavy (non-hydrogen) atoms. The molecule has 0 aliphatic carbocycles. The van der Waals surface area contributed by atoms with Crippen LogP contribution in [0.15, 0.2) is 18.3 Å². The lowest BCUT2D eigenvalue weighted by atomic mass is 10.2. The molecule has 1 aliphatic heterocycles. The summed E-state index contributed by atoms with van der Waals surface area (Å²) < 4.78 is 50.1. The zero-order valence-corrected chi connectivity index (χ0v) is 16.5. The molecule has 2 aromatic heterocycles. The Morgan fingerprint density at radius 3 is 2.23 bits per heavy atom. The van der Waals surface area contributed by atoms with Gasteiger partial charge in [-0.15, -0.1) is 0 Å². The van der Waals surface area contributed by atoms with E-state index in [0.717, 1.165) is 10.0 Å². The van der Waals surface area contributed by atoms with Crippen LogP contribution in [0.3, 0.4) is 0 Å². The Kier molecular flexibility index (Phi) is 5.97. The van der Waals surface area contributed by atoms with Gasteiger partial charge in [-0.25, -0.2) is 20.0 Å². The number of rotatable bonds is 4. The van der Waals surface area contributed by atoms with Gasteiger partial charge in [0, 0.05) is 25.4 Å². The van der Waals surface area contributed by atoms with Crippen LogP contribution in [0.5, 0.6) is 11.8 Å². The van der Waals surface area contributed by atoms with Crippen molar-refractivity contribution in [3.05, 3.63) is 40.4 Å². The number of hydrogen-bond donors (Lipinski definition) is 0. The van der Waals surface area contributed by atoms with Crippen molar-refractivity contribution in [2.24, 2.45) is 0 Å². The predicted octanol–water partition coefficient (Wildman–Crippen LogP) is 2.46. The third kappa shape index (κ3) is 4.08. The third-order valence-corrected chi connectivity index (χ3v) is 4.41. The Bertz CT molecular complexity index is 988. The minimum atomic E-state index is -4.94. The molecule has 0 spiro atoms. The van der Waals surface area contributed by atoms with E-state index in [2.05, 4.69) is 15.0 Å². The van der Waals surface area contributed by atoms with Crippen LogP contribution in [-0.4, -0.2) is 64.1 Å². The number of halogens is 4. The number of hydrazine groups is 1. The van der Waals surface area contributed by atoms with E-state index in [-0.39, 0.29) is 30.4 Å². The van der Waals surface area contributed by atoms with Crippen LogP contribution in [0.25, 0.3) is 0 Å². The summed E-state index contributed by atoms with van der Waals surface area (Å²) in [6.07, 6.45) is -3.88. The third-order valence-electron chi connectivity index (χ3n) is 4.23. The van der Waals surface area contributed by atoms with Crippen molar-refractivity contribution >= 4 is 23.4 Å². The number of pyridine rings is 1. The highest BCUT2D eigenvalue weighted by molar-refractivity contribution is 6.28. The molecule has 0 bridgehead atoms. The van der Waals surface area contributed by atoms with E-state index in [0.29, 0.717) is 12.6 Å². The maximum Gasteiger partial charge on any atom is 0.434 e. The second kappa shape index (κ2) is 8.30. The van der Waals surface area contributed by atoms with E-state index in [4.69, 9.17) is 21.1 Å². The summed E-state index contributed by atoms with van der Waals surface area (Å²) in [5.74, 6) is -1.60. The summed E-state index contributed by atoms with van der Waals surface area (Å²) in [4.78, 5) is 36.5. The van der Waals surface area contributed by atoms with E-state index >= 15 is 0 Å². The minimum Gasteiger partial charge on any atom is -0.481 e. The Morgan fingerprint density at radius 1 is 1.03 bits per heavy atom. The van der Waals surface area contributed by atoms with Crippen molar-refractivity contribution in [1.29, 1.82) is 0 Å². The first-order chi connectivity index (χ1) is 14.2. The highest BCUT2D eigenvalue weighted by atomic mass is 35.5. The number of nitrogens with zero attached hydrogens (tertiary/aromatic N) is 5. The van der Waals surface area contributed by atoms with Gasteiger partial charge in [-0.1, -0.05) is 0 Å². The van der Waals surface area contributed by atoms with Gasteiger partial charge in [0.15, 0.2) is 5.69 Å². The number of hydrogen-bond acceptors (Lipinski definition) is 7. The molecular weight excluding hydrogens is 431 g/mol. The van der Waals surface area contributed by atoms with Crippen LogP contribution in [0.1, 0.15) is 32.8 Å². The first kappa shape index (κ1) is 21.6. The Labute approximate surface area is 173 Å². The fourth-order valence-corrected chi connectivity index (χ4v) is 3.03. The van der Waals surface area contributed by atoms with Crippen LogP contribution in [0.2, 0.25) is 5.28 Å². The second-order valence-corrected chi connectivity index (χ2v) is 6.36. The van der Waals surface area contributed by atoms with Gasteiger partial charge in [-0.05, 0) is 24.1 Å². The first-order valence-electron chi connectivity index (χ1n) is 8.49. The van der Waals surface area contributed by atoms with E-state index in [1.54, 1.807) is 0 Å². The van der Waals surface area contributed by atoms with E-state index in [1.165, 1.54) is 26.4 Å². The predicted molar refractivity (Wildman–Crippen MR) is 96.1 cm³/mol.